The highest BCUT2D eigenvalue weighted by Gasteiger charge is 2.30. The molecule has 124 valence electrons. The highest BCUT2D eigenvalue weighted by molar-refractivity contribution is 5.76. The maximum Gasteiger partial charge on any atom is 0.416 e. The smallest absolute Gasteiger partial charge is 0.361 e. The number of amides is 1. The Hall–Kier alpha value is -2.31. The first-order valence-electron chi connectivity index (χ1n) is 7.12. The maximum atomic E-state index is 12.6. The van der Waals surface area contributed by atoms with E-state index in [1.54, 1.807) is 19.9 Å². The molecule has 0 aliphatic heterocycles. The van der Waals surface area contributed by atoms with Gasteiger partial charge in [0.2, 0.25) is 5.91 Å². The van der Waals surface area contributed by atoms with Crippen molar-refractivity contribution < 1.29 is 22.5 Å². The van der Waals surface area contributed by atoms with Crippen LogP contribution in [0.4, 0.5) is 13.2 Å². The van der Waals surface area contributed by atoms with Gasteiger partial charge in [0, 0.05) is 18.5 Å². The van der Waals surface area contributed by atoms with E-state index >= 15 is 0 Å². The second-order valence-electron chi connectivity index (χ2n) is 5.28. The van der Waals surface area contributed by atoms with Gasteiger partial charge >= 0.3 is 6.18 Å². The fraction of sp³-hybridized carbons (Fsp3) is 0.375. The largest absolute Gasteiger partial charge is 0.416 e. The van der Waals surface area contributed by atoms with Crippen molar-refractivity contribution in [3.05, 3.63) is 52.4 Å². The molecule has 2 aromatic rings. The Morgan fingerprint density at radius 3 is 2.65 bits per heavy atom. The fourth-order valence-corrected chi connectivity index (χ4v) is 2.24. The average molecular weight is 326 g/mol. The van der Waals surface area contributed by atoms with Gasteiger partial charge in [0.05, 0.1) is 11.3 Å². The molecule has 0 fully saturated rings. The minimum absolute atomic E-state index is 0.0599. The van der Waals surface area contributed by atoms with Crippen LogP contribution >= 0.6 is 0 Å². The number of rotatable bonds is 5. The highest BCUT2D eigenvalue weighted by atomic mass is 19.4. The van der Waals surface area contributed by atoms with Gasteiger partial charge < -0.3 is 9.84 Å². The zero-order chi connectivity index (χ0) is 17.0. The van der Waals surface area contributed by atoms with Crippen molar-refractivity contribution >= 4 is 5.91 Å². The number of hydrogen-bond donors (Lipinski definition) is 1. The number of benzene rings is 1. The lowest BCUT2D eigenvalue weighted by molar-refractivity contribution is -0.137. The van der Waals surface area contributed by atoms with Crippen LogP contribution in [0.3, 0.4) is 0 Å². The molecule has 4 nitrogen and oxygen atoms in total. The van der Waals surface area contributed by atoms with E-state index in [9.17, 15) is 18.0 Å². The normalized spacial score (nSPS) is 11.5. The quantitative estimate of drug-likeness (QED) is 0.914. The maximum absolute atomic E-state index is 12.6. The van der Waals surface area contributed by atoms with Crippen molar-refractivity contribution in [2.75, 3.05) is 0 Å². The number of aromatic nitrogens is 1. The summed E-state index contributed by atoms with van der Waals surface area (Å²) in [6, 6.07) is 4.91. The Morgan fingerprint density at radius 2 is 2.04 bits per heavy atom. The summed E-state index contributed by atoms with van der Waals surface area (Å²) in [7, 11) is 0. The van der Waals surface area contributed by atoms with Gasteiger partial charge in [0.25, 0.3) is 0 Å². The molecule has 0 unspecified atom stereocenters. The molecule has 1 amide bonds. The molecular weight excluding hydrogens is 309 g/mol. The van der Waals surface area contributed by atoms with Crippen LogP contribution in [0.15, 0.2) is 28.8 Å². The number of halogens is 3. The van der Waals surface area contributed by atoms with Gasteiger partial charge in [-0.1, -0.05) is 17.3 Å². The van der Waals surface area contributed by atoms with Crippen molar-refractivity contribution in [2.45, 2.75) is 39.4 Å². The summed E-state index contributed by atoms with van der Waals surface area (Å²) in [6.45, 7) is 3.63. The first-order chi connectivity index (χ1) is 10.8. The van der Waals surface area contributed by atoms with Crippen molar-refractivity contribution in [2.24, 2.45) is 0 Å². The molecule has 1 N–H and O–H groups in total. The number of aryl methyl sites for hydroxylation is 2. The Balaban J connectivity index is 1.87. The number of nitrogens with one attached hydrogen (secondary N) is 1. The van der Waals surface area contributed by atoms with E-state index in [2.05, 4.69) is 10.5 Å². The lowest BCUT2D eigenvalue weighted by atomic mass is 10.1. The van der Waals surface area contributed by atoms with Crippen LogP contribution in [0.25, 0.3) is 0 Å². The van der Waals surface area contributed by atoms with Crippen molar-refractivity contribution in [3.63, 3.8) is 0 Å². The third-order valence-corrected chi connectivity index (χ3v) is 3.53. The lowest BCUT2D eigenvalue weighted by Crippen LogP contribution is -2.23. The second kappa shape index (κ2) is 6.85. The number of nitrogens with zero attached hydrogens (tertiary/aromatic N) is 1. The van der Waals surface area contributed by atoms with E-state index < -0.39 is 11.7 Å². The summed E-state index contributed by atoms with van der Waals surface area (Å²) in [5, 5.41) is 6.43. The summed E-state index contributed by atoms with van der Waals surface area (Å²) in [5.41, 5.74) is 1.32. The van der Waals surface area contributed by atoms with E-state index in [1.165, 1.54) is 6.07 Å². The van der Waals surface area contributed by atoms with Crippen LogP contribution in [0.2, 0.25) is 0 Å². The van der Waals surface area contributed by atoms with Gasteiger partial charge in [0.1, 0.15) is 5.76 Å². The van der Waals surface area contributed by atoms with Gasteiger partial charge in [0.15, 0.2) is 0 Å². The molecule has 23 heavy (non-hydrogen) atoms. The molecular formula is C16H17F3N2O2. The van der Waals surface area contributed by atoms with E-state index in [0.29, 0.717) is 17.7 Å². The van der Waals surface area contributed by atoms with E-state index in [-0.39, 0.29) is 18.9 Å². The number of alkyl halides is 3. The second-order valence-corrected chi connectivity index (χ2v) is 5.28. The molecule has 1 heterocycles. The van der Waals surface area contributed by atoms with Crippen LogP contribution in [0, 0.1) is 13.8 Å². The third-order valence-electron chi connectivity index (χ3n) is 3.53. The molecule has 0 aliphatic carbocycles. The average Bonchev–Trinajstić information content (AvgIpc) is 2.81. The summed E-state index contributed by atoms with van der Waals surface area (Å²) in [5.74, 6) is 0.440. The highest BCUT2D eigenvalue weighted by Crippen LogP contribution is 2.29. The monoisotopic (exact) mass is 326 g/mol. The fourth-order valence-electron chi connectivity index (χ4n) is 2.24. The standard InChI is InChI=1S/C16H17F3N2O2/c1-10-14(11(2)23-21-10)6-7-15(22)20-9-12-4-3-5-13(8-12)16(17,18)19/h3-5,8H,6-7,9H2,1-2H3,(H,20,22). The van der Waals surface area contributed by atoms with Crippen molar-refractivity contribution in [3.8, 4) is 0 Å². The molecule has 0 bridgehead atoms. The molecule has 0 spiro atoms. The van der Waals surface area contributed by atoms with Gasteiger partial charge in [-0.25, -0.2) is 0 Å². The van der Waals surface area contributed by atoms with Crippen molar-refractivity contribution in [1.82, 2.24) is 10.5 Å². The van der Waals surface area contributed by atoms with Crippen LogP contribution in [0.1, 0.15) is 34.6 Å². The van der Waals surface area contributed by atoms with E-state index in [4.69, 9.17) is 4.52 Å². The Bertz CT molecular complexity index is 673. The molecule has 7 heteroatoms. The summed E-state index contributed by atoms with van der Waals surface area (Å²) in [4.78, 5) is 11.8. The molecule has 0 aliphatic rings. The van der Waals surface area contributed by atoms with Gasteiger partial charge in [-0.15, -0.1) is 0 Å². The summed E-state index contributed by atoms with van der Waals surface area (Å²) in [6.07, 6.45) is -3.68. The Morgan fingerprint density at radius 1 is 1.30 bits per heavy atom. The van der Waals surface area contributed by atoms with E-state index in [0.717, 1.165) is 23.4 Å². The Kier molecular flexibility index (Phi) is 5.08. The zero-order valence-corrected chi connectivity index (χ0v) is 12.8. The first-order valence-corrected chi connectivity index (χ1v) is 7.12. The van der Waals surface area contributed by atoms with Crippen LogP contribution in [-0.2, 0) is 23.9 Å². The van der Waals surface area contributed by atoms with Crippen LogP contribution in [0.5, 0.6) is 0 Å². The molecule has 1 aromatic carbocycles. The van der Waals surface area contributed by atoms with Gasteiger partial charge in [-0.2, -0.15) is 13.2 Å². The predicted molar refractivity (Wildman–Crippen MR) is 77.6 cm³/mol. The lowest BCUT2D eigenvalue weighted by Gasteiger charge is -2.09. The van der Waals surface area contributed by atoms with Gasteiger partial charge in [-0.3, -0.25) is 4.79 Å². The molecule has 0 atom stereocenters. The first kappa shape index (κ1) is 17.1. The van der Waals surface area contributed by atoms with Gasteiger partial charge in [-0.05, 0) is 38.0 Å². The molecule has 2 rings (SSSR count). The van der Waals surface area contributed by atoms with Crippen molar-refractivity contribution in [1.29, 1.82) is 0 Å². The minimum atomic E-state index is -4.39. The predicted octanol–water partition coefficient (Wildman–Crippen LogP) is 3.56. The number of carbonyl (C=O) groups is 1. The van der Waals surface area contributed by atoms with Crippen LogP contribution in [-0.4, -0.2) is 11.1 Å². The SMILES string of the molecule is Cc1noc(C)c1CCC(=O)NCc1cccc(C(F)(F)F)c1. The molecule has 1 aromatic heterocycles. The number of carbonyl (C=O) groups excluding carboxylic acids is 1. The topological polar surface area (TPSA) is 55.1 Å². The molecule has 0 saturated heterocycles. The molecule has 0 radical (unpaired) electrons. The third kappa shape index (κ3) is 4.58. The zero-order valence-electron chi connectivity index (χ0n) is 12.8. The van der Waals surface area contributed by atoms with E-state index in [1.807, 2.05) is 0 Å². The Labute approximate surface area is 131 Å². The van der Waals surface area contributed by atoms with Crippen LogP contribution < -0.4 is 5.32 Å². The minimum Gasteiger partial charge on any atom is -0.361 e. The number of hydrogen-bond acceptors (Lipinski definition) is 3. The summed E-state index contributed by atoms with van der Waals surface area (Å²) >= 11 is 0. The summed E-state index contributed by atoms with van der Waals surface area (Å²) < 4.78 is 42.9. The molecule has 0 saturated carbocycles.